The lowest BCUT2D eigenvalue weighted by molar-refractivity contribution is 0.0693. The van der Waals surface area contributed by atoms with Gasteiger partial charge in [0.2, 0.25) is 0 Å². The summed E-state index contributed by atoms with van der Waals surface area (Å²) in [5.74, 6) is -0.275. The fourth-order valence-electron chi connectivity index (χ4n) is 2.88. The molecule has 0 aliphatic heterocycles. The Balaban J connectivity index is 1.55. The third-order valence-corrected chi connectivity index (χ3v) is 5.64. The molecule has 4 nitrogen and oxygen atoms in total. The Labute approximate surface area is 177 Å². The number of aromatic carboxylic acids is 1. The lowest BCUT2D eigenvalue weighted by atomic mass is 10.2. The summed E-state index contributed by atoms with van der Waals surface area (Å²) in [6, 6.07) is 23.9. The third kappa shape index (κ3) is 4.53. The second kappa shape index (κ2) is 8.55. The Morgan fingerprint density at radius 2 is 1.72 bits per heavy atom. The molecule has 0 aliphatic rings. The summed E-state index contributed by atoms with van der Waals surface area (Å²) in [5, 5.41) is 11.1. The molecular weight excluding hydrogens is 406 g/mol. The molecule has 6 heteroatoms. The van der Waals surface area contributed by atoms with Crippen molar-refractivity contribution < 1.29 is 14.6 Å². The SMILES string of the molecule is O=C(O)c1ccccc1Sc1ccccc1OCc1ccc2cc(Cl)ccc2n1. The average molecular weight is 422 g/mol. The summed E-state index contributed by atoms with van der Waals surface area (Å²) >= 11 is 7.39. The molecule has 0 unspecified atom stereocenters. The van der Waals surface area contributed by atoms with Crippen LogP contribution in [0.3, 0.4) is 0 Å². The van der Waals surface area contributed by atoms with Crippen LogP contribution in [0.2, 0.25) is 5.02 Å². The van der Waals surface area contributed by atoms with Crippen molar-refractivity contribution in [2.24, 2.45) is 0 Å². The van der Waals surface area contributed by atoms with Gasteiger partial charge in [-0.3, -0.25) is 0 Å². The van der Waals surface area contributed by atoms with Gasteiger partial charge >= 0.3 is 5.97 Å². The van der Waals surface area contributed by atoms with Crippen LogP contribution in [0, 0.1) is 0 Å². The molecule has 0 saturated heterocycles. The molecule has 0 amide bonds. The van der Waals surface area contributed by atoms with E-state index in [1.807, 2.05) is 60.7 Å². The number of pyridine rings is 1. The number of carbonyl (C=O) groups is 1. The second-order valence-corrected chi connectivity index (χ2v) is 7.80. The maximum Gasteiger partial charge on any atom is 0.336 e. The quantitative estimate of drug-likeness (QED) is 0.395. The second-order valence-electron chi connectivity index (χ2n) is 6.28. The Morgan fingerprint density at radius 3 is 2.55 bits per heavy atom. The highest BCUT2D eigenvalue weighted by Crippen LogP contribution is 2.36. The average Bonchev–Trinajstić information content (AvgIpc) is 2.73. The van der Waals surface area contributed by atoms with Crippen molar-refractivity contribution in [2.75, 3.05) is 0 Å². The predicted octanol–water partition coefficient (Wildman–Crippen LogP) is 6.32. The van der Waals surface area contributed by atoms with E-state index in [0.717, 1.165) is 21.5 Å². The van der Waals surface area contributed by atoms with Gasteiger partial charge in [0, 0.05) is 15.3 Å². The highest BCUT2D eigenvalue weighted by atomic mass is 35.5. The number of rotatable bonds is 6. The number of hydrogen-bond donors (Lipinski definition) is 1. The zero-order valence-corrected chi connectivity index (χ0v) is 16.8. The minimum atomic E-state index is -0.952. The van der Waals surface area contributed by atoms with Crippen LogP contribution in [-0.4, -0.2) is 16.1 Å². The van der Waals surface area contributed by atoms with Crippen molar-refractivity contribution in [3.05, 3.63) is 95.1 Å². The molecule has 0 fully saturated rings. The molecule has 0 saturated carbocycles. The van der Waals surface area contributed by atoms with Gasteiger partial charge in [-0.2, -0.15) is 0 Å². The first-order valence-corrected chi connectivity index (χ1v) is 10.1. The van der Waals surface area contributed by atoms with E-state index in [0.29, 0.717) is 22.3 Å². The molecule has 0 bridgehead atoms. The van der Waals surface area contributed by atoms with Crippen LogP contribution in [0.15, 0.2) is 88.7 Å². The molecule has 0 radical (unpaired) electrons. The Bertz CT molecular complexity index is 1200. The summed E-state index contributed by atoms with van der Waals surface area (Å²) < 4.78 is 6.01. The minimum Gasteiger partial charge on any atom is -0.486 e. The van der Waals surface area contributed by atoms with Gasteiger partial charge in [0.25, 0.3) is 0 Å². The van der Waals surface area contributed by atoms with Gasteiger partial charge in [-0.25, -0.2) is 9.78 Å². The van der Waals surface area contributed by atoms with E-state index in [9.17, 15) is 9.90 Å². The van der Waals surface area contributed by atoms with Crippen LogP contribution in [0.1, 0.15) is 16.1 Å². The van der Waals surface area contributed by atoms with E-state index in [4.69, 9.17) is 16.3 Å². The number of aromatic nitrogens is 1. The number of carboxylic acids is 1. The zero-order chi connectivity index (χ0) is 20.2. The largest absolute Gasteiger partial charge is 0.486 e. The van der Waals surface area contributed by atoms with E-state index in [1.54, 1.807) is 18.2 Å². The van der Waals surface area contributed by atoms with E-state index < -0.39 is 5.97 Å². The molecule has 0 aliphatic carbocycles. The van der Waals surface area contributed by atoms with Crippen molar-refractivity contribution >= 4 is 40.2 Å². The first kappa shape index (κ1) is 19.3. The molecule has 144 valence electrons. The molecule has 4 rings (SSSR count). The predicted molar refractivity (Wildman–Crippen MR) is 115 cm³/mol. The molecule has 1 N–H and O–H groups in total. The van der Waals surface area contributed by atoms with Crippen LogP contribution in [0.5, 0.6) is 5.75 Å². The molecule has 4 aromatic rings. The van der Waals surface area contributed by atoms with Crippen LogP contribution in [0.4, 0.5) is 0 Å². The number of para-hydroxylation sites is 1. The lowest BCUT2D eigenvalue weighted by Gasteiger charge is -2.12. The Morgan fingerprint density at radius 1 is 0.966 bits per heavy atom. The lowest BCUT2D eigenvalue weighted by Crippen LogP contribution is -2.00. The van der Waals surface area contributed by atoms with Gasteiger partial charge in [-0.05, 0) is 48.5 Å². The monoisotopic (exact) mass is 421 g/mol. The first-order valence-electron chi connectivity index (χ1n) is 8.87. The van der Waals surface area contributed by atoms with Gasteiger partial charge in [0.1, 0.15) is 12.4 Å². The maximum absolute atomic E-state index is 11.5. The molecule has 29 heavy (non-hydrogen) atoms. The van der Waals surface area contributed by atoms with Crippen LogP contribution < -0.4 is 4.74 Å². The van der Waals surface area contributed by atoms with Crippen molar-refractivity contribution in [1.82, 2.24) is 4.98 Å². The number of fused-ring (bicyclic) bond motifs is 1. The smallest absolute Gasteiger partial charge is 0.336 e. The van der Waals surface area contributed by atoms with Crippen LogP contribution in [-0.2, 0) is 6.61 Å². The summed E-state index contributed by atoms with van der Waals surface area (Å²) in [5.41, 5.74) is 1.92. The highest BCUT2D eigenvalue weighted by molar-refractivity contribution is 7.99. The van der Waals surface area contributed by atoms with E-state index in [2.05, 4.69) is 4.98 Å². The fourth-order valence-corrected chi connectivity index (χ4v) is 4.08. The van der Waals surface area contributed by atoms with Crippen molar-refractivity contribution in [3.8, 4) is 5.75 Å². The number of halogens is 1. The van der Waals surface area contributed by atoms with Gasteiger partial charge in [-0.15, -0.1) is 0 Å². The van der Waals surface area contributed by atoms with E-state index in [-0.39, 0.29) is 5.56 Å². The van der Waals surface area contributed by atoms with Gasteiger partial charge < -0.3 is 9.84 Å². The molecule has 0 atom stereocenters. The zero-order valence-electron chi connectivity index (χ0n) is 15.2. The summed E-state index contributed by atoms with van der Waals surface area (Å²) in [6.45, 7) is 0.302. The fraction of sp³-hybridized carbons (Fsp3) is 0.0435. The molecule has 1 heterocycles. The van der Waals surface area contributed by atoms with Crippen LogP contribution >= 0.6 is 23.4 Å². The Hall–Kier alpha value is -3.02. The number of benzene rings is 3. The van der Waals surface area contributed by atoms with Crippen molar-refractivity contribution in [1.29, 1.82) is 0 Å². The maximum atomic E-state index is 11.5. The van der Waals surface area contributed by atoms with Crippen molar-refractivity contribution in [3.63, 3.8) is 0 Å². The van der Waals surface area contributed by atoms with E-state index in [1.165, 1.54) is 11.8 Å². The van der Waals surface area contributed by atoms with Gasteiger partial charge in [-0.1, -0.05) is 53.7 Å². The van der Waals surface area contributed by atoms with Crippen molar-refractivity contribution in [2.45, 2.75) is 16.4 Å². The van der Waals surface area contributed by atoms with Gasteiger partial charge in [0.05, 0.1) is 21.7 Å². The van der Waals surface area contributed by atoms with Crippen LogP contribution in [0.25, 0.3) is 10.9 Å². The number of ether oxygens (including phenoxy) is 1. The summed E-state index contributed by atoms with van der Waals surface area (Å²) in [4.78, 5) is 17.6. The molecule has 0 spiro atoms. The summed E-state index contributed by atoms with van der Waals surface area (Å²) in [6.07, 6.45) is 0. The number of hydrogen-bond acceptors (Lipinski definition) is 4. The number of carboxylic acid groups (broad SMARTS) is 1. The first-order chi connectivity index (χ1) is 14.1. The van der Waals surface area contributed by atoms with E-state index >= 15 is 0 Å². The Kier molecular flexibility index (Phi) is 5.69. The summed E-state index contributed by atoms with van der Waals surface area (Å²) in [7, 11) is 0. The molecule has 1 aromatic heterocycles. The van der Waals surface area contributed by atoms with Gasteiger partial charge in [0.15, 0.2) is 0 Å². The minimum absolute atomic E-state index is 0.266. The normalized spacial score (nSPS) is 10.8. The third-order valence-electron chi connectivity index (χ3n) is 4.27. The topological polar surface area (TPSA) is 59.4 Å². The standard InChI is InChI=1S/C23H16ClNO3S/c24-16-10-12-19-15(13-16)9-11-17(25-19)14-28-20-6-2-4-8-22(20)29-21-7-3-1-5-18(21)23(26)27/h1-13H,14H2,(H,26,27). The number of nitrogens with zero attached hydrogens (tertiary/aromatic N) is 1. The molecular formula is C23H16ClNO3S. The highest BCUT2D eigenvalue weighted by Gasteiger charge is 2.13. The molecule has 3 aromatic carbocycles.